The molecule has 0 saturated carbocycles. The molecule has 3 nitrogen and oxygen atoms in total. The fourth-order valence-electron chi connectivity index (χ4n) is 2.13. The van der Waals surface area contributed by atoms with Crippen molar-refractivity contribution in [2.75, 3.05) is 6.61 Å². The van der Waals surface area contributed by atoms with Gasteiger partial charge in [0.25, 0.3) is 5.91 Å². The van der Waals surface area contributed by atoms with Crippen molar-refractivity contribution >= 4 is 16.7 Å². The largest absolute Gasteiger partial charge is 0.394 e. The third-order valence-electron chi connectivity index (χ3n) is 3.43. The molecule has 2 aromatic rings. The molecule has 0 radical (unpaired) electrons. The van der Waals surface area contributed by atoms with Gasteiger partial charge in [0.15, 0.2) is 0 Å². The van der Waals surface area contributed by atoms with Crippen molar-refractivity contribution in [1.82, 2.24) is 5.32 Å². The van der Waals surface area contributed by atoms with E-state index in [4.69, 9.17) is 0 Å². The van der Waals surface area contributed by atoms with Crippen molar-refractivity contribution < 1.29 is 14.3 Å². The monoisotopic (exact) mass is 275 g/mol. The first kappa shape index (κ1) is 14.5. The van der Waals surface area contributed by atoms with Gasteiger partial charge in [0.1, 0.15) is 5.82 Å². The molecule has 0 saturated heterocycles. The minimum atomic E-state index is -0.347. The zero-order valence-corrected chi connectivity index (χ0v) is 11.6. The molecule has 20 heavy (non-hydrogen) atoms. The van der Waals surface area contributed by atoms with Crippen LogP contribution >= 0.6 is 0 Å². The van der Waals surface area contributed by atoms with E-state index in [1.54, 1.807) is 24.3 Å². The number of benzene rings is 2. The highest BCUT2D eigenvalue weighted by Crippen LogP contribution is 2.22. The Kier molecular flexibility index (Phi) is 4.35. The Morgan fingerprint density at radius 3 is 2.45 bits per heavy atom. The summed E-state index contributed by atoms with van der Waals surface area (Å²) in [4.78, 5) is 12.3. The highest BCUT2D eigenvalue weighted by atomic mass is 19.1. The molecule has 0 fully saturated rings. The van der Waals surface area contributed by atoms with Crippen molar-refractivity contribution in [3.05, 3.63) is 47.8 Å². The van der Waals surface area contributed by atoms with Crippen LogP contribution in [0, 0.1) is 11.7 Å². The van der Waals surface area contributed by atoms with Crippen LogP contribution in [0.25, 0.3) is 10.8 Å². The number of aliphatic hydroxyl groups is 1. The number of hydrogen-bond donors (Lipinski definition) is 2. The summed E-state index contributed by atoms with van der Waals surface area (Å²) < 4.78 is 13.7. The number of nitrogens with one attached hydrogen (secondary N) is 1. The average molecular weight is 275 g/mol. The Morgan fingerprint density at radius 1 is 1.20 bits per heavy atom. The van der Waals surface area contributed by atoms with E-state index < -0.39 is 0 Å². The van der Waals surface area contributed by atoms with E-state index >= 15 is 0 Å². The lowest BCUT2D eigenvalue weighted by atomic mass is 10.0. The summed E-state index contributed by atoms with van der Waals surface area (Å²) >= 11 is 0. The number of carbonyl (C=O) groups is 1. The van der Waals surface area contributed by atoms with Gasteiger partial charge in [-0.25, -0.2) is 4.39 Å². The Bertz CT molecular complexity index is 625. The smallest absolute Gasteiger partial charge is 0.252 e. The van der Waals surface area contributed by atoms with Crippen LogP contribution in [0.5, 0.6) is 0 Å². The molecular weight excluding hydrogens is 257 g/mol. The zero-order valence-electron chi connectivity index (χ0n) is 11.6. The van der Waals surface area contributed by atoms with Crippen LogP contribution in [0.4, 0.5) is 4.39 Å². The molecule has 106 valence electrons. The molecule has 1 amide bonds. The first-order valence-corrected chi connectivity index (χ1v) is 6.63. The third kappa shape index (κ3) is 2.80. The number of amides is 1. The zero-order chi connectivity index (χ0) is 14.7. The van der Waals surface area contributed by atoms with Gasteiger partial charge in [-0.15, -0.1) is 0 Å². The van der Waals surface area contributed by atoms with Gasteiger partial charge in [-0.1, -0.05) is 38.1 Å². The lowest BCUT2D eigenvalue weighted by molar-refractivity contribution is 0.0898. The minimum Gasteiger partial charge on any atom is -0.394 e. The SMILES string of the molecule is CC(C)[C@@H](CO)NC(=O)c1ccc(F)c2ccccc12. The fourth-order valence-corrected chi connectivity index (χ4v) is 2.13. The average Bonchev–Trinajstić information content (AvgIpc) is 2.45. The number of halogens is 1. The first-order chi connectivity index (χ1) is 9.54. The summed E-state index contributed by atoms with van der Waals surface area (Å²) in [6, 6.07) is 9.32. The number of hydrogen-bond acceptors (Lipinski definition) is 2. The standard InChI is InChI=1S/C16H18FNO2/c1-10(2)15(9-19)18-16(20)13-7-8-14(17)12-6-4-3-5-11(12)13/h3-8,10,15,19H,9H2,1-2H3,(H,18,20)/t15-/m1/s1. The highest BCUT2D eigenvalue weighted by molar-refractivity contribution is 6.07. The van der Waals surface area contributed by atoms with Crippen LogP contribution < -0.4 is 5.32 Å². The topological polar surface area (TPSA) is 49.3 Å². The number of carbonyl (C=O) groups excluding carboxylic acids is 1. The molecule has 0 unspecified atom stereocenters. The number of rotatable bonds is 4. The molecule has 0 bridgehead atoms. The van der Waals surface area contributed by atoms with Gasteiger partial charge in [-0.05, 0) is 23.4 Å². The van der Waals surface area contributed by atoms with Crippen molar-refractivity contribution in [2.24, 2.45) is 5.92 Å². The maximum Gasteiger partial charge on any atom is 0.252 e. The molecule has 2 rings (SSSR count). The van der Waals surface area contributed by atoms with Crippen LogP contribution in [0.15, 0.2) is 36.4 Å². The molecule has 0 aliphatic rings. The van der Waals surface area contributed by atoms with Gasteiger partial charge in [0.05, 0.1) is 12.6 Å². The fraction of sp³-hybridized carbons (Fsp3) is 0.312. The van der Waals surface area contributed by atoms with E-state index in [1.165, 1.54) is 12.1 Å². The van der Waals surface area contributed by atoms with E-state index in [9.17, 15) is 14.3 Å². The van der Waals surface area contributed by atoms with E-state index in [0.717, 1.165) is 0 Å². The van der Waals surface area contributed by atoms with Crippen LogP contribution in [0.2, 0.25) is 0 Å². The van der Waals surface area contributed by atoms with Crippen LogP contribution in [-0.2, 0) is 0 Å². The Morgan fingerprint density at radius 2 is 1.85 bits per heavy atom. The highest BCUT2D eigenvalue weighted by Gasteiger charge is 2.18. The predicted octanol–water partition coefficient (Wildman–Crippen LogP) is 2.73. The molecule has 0 aliphatic carbocycles. The van der Waals surface area contributed by atoms with Crippen LogP contribution in [-0.4, -0.2) is 23.7 Å². The van der Waals surface area contributed by atoms with Crippen molar-refractivity contribution in [1.29, 1.82) is 0 Å². The van der Waals surface area contributed by atoms with Crippen molar-refractivity contribution in [3.63, 3.8) is 0 Å². The van der Waals surface area contributed by atoms with Gasteiger partial charge in [-0.3, -0.25) is 4.79 Å². The van der Waals surface area contributed by atoms with E-state index in [2.05, 4.69) is 5.32 Å². The summed E-state index contributed by atoms with van der Waals surface area (Å²) in [6.07, 6.45) is 0. The summed E-state index contributed by atoms with van der Waals surface area (Å²) in [7, 11) is 0. The second kappa shape index (κ2) is 6.01. The number of aliphatic hydroxyl groups excluding tert-OH is 1. The molecule has 0 heterocycles. The van der Waals surface area contributed by atoms with Gasteiger partial charge >= 0.3 is 0 Å². The molecule has 0 aromatic heterocycles. The second-order valence-electron chi connectivity index (χ2n) is 5.15. The van der Waals surface area contributed by atoms with Crippen molar-refractivity contribution in [3.8, 4) is 0 Å². The van der Waals surface area contributed by atoms with E-state index in [1.807, 2.05) is 13.8 Å². The van der Waals surface area contributed by atoms with Gasteiger partial charge in [0, 0.05) is 10.9 Å². The van der Waals surface area contributed by atoms with Gasteiger partial charge < -0.3 is 10.4 Å². The second-order valence-corrected chi connectivity index (χ2v) is 5.15. The maximum atomic E-state index is 13.7. The molecule has 2 N–H and O–H groups in total. The lowest BCUT2D eigenvalue weighted by Gasteiger charge is -2.20. The Labute approximate surface area is 117 Å². The molecule has 4 heteroatoms. The summed E-state index contributed by atoms with van der Waals surface area (Å²) in [5.41, 5.74) is 0.418. The molecule has 1 atom stereocenters. The number of fused-ring (bicyclic) bond motifs is 1. The van der Waals surface area contributed by atoms with E-state index in [-0.39, 0.29) is 30.3 Å². The summed E-state index contributed by atoms with van der Waals surface area (Å²) in [6.45, 7) is 3.72. The molecule has 0 spiro atoms. The quantitative estimate of drug-likeness (QED) is 0.901. The van der Waals surface area contributed by atoms with E-state index in [0.29, 0.717) is 16.3 Å². The van der Waals surface area contributed by atoms with Gasteiger partial charge in [-0.2, -0.15) is 0 Å². The molecular formula is C16H18FNO2. The normalized spacial score (nSPS) is 12.7. The Balaban J connectivity index is 2.38. The summed E-state index contributed by atoms with van der Waals surface area (Å²) in [5.74, 6) is -0.524. The van der Waals surface area contributed by atoms with Crippen molar-refractivity contribution in [2.45, 2.75) is 19.9 Å². The maximum absolute atomic E-state index is 13.7. The third-order valence-corrected chi connectivity index (χ3v) is 3.43. The summed E-state index contributed by atoms with van der Waals surface area (Å²) in [5, 5.41) is 13.1. The minimum absolute atomic E-state index is 0.121. The first-order valence-electron chi connectivity index (χ1n) is 6.63. The van der Waals surface area contributed by atoms with Crippen LogP contribution in [0.3, 0.4) is 0 Å². The van der Waals surface area contributed by atoms with Gasteiger partial charge in [0.2, 0.25) is 0 Å². The lowest BCUT2D eigenvalue weighted by Crippen LogP contribution is -2.41. The molecule has 0 aliphatic heterocycles. The predicted molar refractivity (Wildman–Crippen MR) is 77.1 cm³/mol. The Hall–Kier alpha value is -1.94. The molecule has 2 aromatic carbocycles. The van der Waals surface area contributed by atoms with Crippen LogP contribution in [0.1, 0.15) is 24.2 Å².